The van der Waals surface area contributed by atoms with E-state index in [0.717, 1.165) is 6.26 Å². The zero-order valence-corrected chi connectivity index (χ0v) is 14.5. The molecule has 2 rings (SSSR count). The summed E-state index contributed by atoms with van der Waals surface area (Å²) in [6.45, 7) is -0.595. The van der Waals surface area contributed by atoms with Crippen LogP contribution in [0, 0.1) is 10.1 Å². The summed E-state index contributed by atoms with van der Waals surface area (Å²) < 4.78 is 23.1. The number of sulfone groups is 1. The normalized spacial score (nSPS) is 12.2. The topological polar surface area (TPSA) is 124 Å². The highest BCUT2D eigenvalue weighted by atomic mass is 32.2. The van der Waals surface area contributed by atoms with E-state index in [4.69, 9.17) is 0 Å². The maximum Gasteiger partial charge on any atom is 0.336 e. The number of benzene rings is 2. The summed E-state index contributed by atoms with van der Waals surface area (Å²) in [5.74, 6) is -1.29. The van der Waals surface area contributed by atoms with Gasteiger partial charge in [-0.15, -0.1) is 10.1 Å². The van der Waals surface area contributed by atoms with Crippen LogP contribution in [0.15, 0.2) is 59.5 Å². The van der Waals surface area contributed by atoms with E-state index >= 15 is 0 Å². The van der Waals surface area contributed by atoms with E-state index in [-0.39, 0.29) is 16.0 Å². The fourth-order valence-corrected chi connectivity index (χ4v) is 2.98. The van der Waals surface area contributed by atoms with Gasteiger partial charge in [-0.3, -0.25) is 0 Å². The van der Waals surface area contributed by atoms with E-state index in [1.807, 2.05) is 0 Å². The van der Waals surface area contributed by atoms with Crippen LogP contribution in [-0.2, 0) is 19.5 Å². The summed E-state index contributed by atoms with van der Waals surface area (Å²) in [5.41, 5.74) is 0.537. The number of aliphatic carboxylic acids is 1. The first-order chi connectivity index (χ1) is 12.2. The second-order valence-electron chi connectivity index (χ2n) is 5.32. The highest BCUT2D eigenvalue weighted by Crippen LogP contribution is 2.28. The van der Waals surface area contributed by atoms with Gasteiger partial charge in [0.05, 0.1) is 10.5 Å². The van der Waals surface area contributed by atoms with Crippen LogP contribution in [0.25, 0.3) is 11.1 Å². The van der Waals surface area contributed by atoms with Crippen molar-refractivity contribution in [3.8, 4) is 0 Å². The lowest BCUT2D eigenvalue weighted by atomic mass is 9.95. The van der Waals surface area contributed by atoms with Gasteiger partial charge < -0.3 is 9.94 Å². The van der Waals surface area contributed by atoms with Crippen LogP contribution in [0.2, 0.25) is 0 Å². The Morgan fingerprint density at radius 2 is 1.65 bits per heavy atom. The molecule has 0 amide bonds. The number of hydrogen-bond donors (Lipinski definition) is 1. The van der Waals surface area contributed by atoms with Gasteiger partial charge in [0.25, 0.3) is 5.09 Å². The lowest BCUT2D eigenvalue weighted by Gasteiger charge is -2.13. The Hall–Kier alpha value is -3.20. The monoisotopic (exact) mass is 377 g/mol. The molecule has 2 aromatic rings. The molecule has 0 aliphatic rings. The molecule has 0 saturated carbocycles. The predicted molar refractivity (Wildman–Crippen MR) is 93.4 cm³/mol. The van der Waals surface area contributed by atoms with Crippen LogP contribution >= 0.6 is 0 Å². The van der Waals surface area contributed by atoms with Crippen molar-refractivity contribution in [1.82, 2.24) is 0 Å². The minimum absolute atomic E-state index is 0.0485. The molecule has 26 heavy (non-hydrogen) atoms. The van der Waals surface area contributed by atoms with E-state index < -0.39 is 27.5 Å². The van der Waals surface area contributed by atoms with E-state index in [2.05, 4.69) is 4.84 Å². The van der Waals surface area contributed by atoms with Gasteiger partial charge in [0.1, 0.15) is 6.61 Å². The Labute approximate surface area is 149 Å². The Morgan fingerprint density at radius 3 is 2.12 bits per heavy atom. The fraction of sp³-hybridized carbons (Fsp3) is 0.118. The second kappa shape index (κ2) is 7.79. The van der Waals surface area contributed by atoms with Crippen molar-refractivity contribution in [3.05, 3.63) is 75.8 Å². The molecule has 0 aliphatic heterocycles. The third kappa shape index (κ3) is 4.67. The number of nitrogens with zero attached hydrogens (tertiary/aromatic N) is 1. The lowest BCUT2D eigenvalue weighted by molar-refractivity contribution is -0.754. The predicted octanol–water partition coefficient (Wildman–Crippen LogP) is 2.29. The van der Waals surface area contributed by atoms with Crippen molar-refractivity contribution < 1.29 is 28.2 Å². The summed E-state index contributed by atoms with van der Waals surface area (Å²) in [7, 11) is -3.43. The van der Waals surface area contributed by atoms with Gasteiger partial charge in [0.15, 0.2) is 9.84 Å². The lowest BCUT2D eigenvalue weighted by Crippen LogP contribution is -2.10. The molecule has 0 aliphatic carbocycles. The van der Waals surface area contributed by atoms with Crippen molar-refractivity contribution in [2.24, 2.45) is 0 Å². The van der Waals surface area contributed by atoms with Crippen LogP contribution in [-0.4, -0.2) is 37.4 Å². The first-order valence-electron chi connectivity index (χ1n) is 7.30. The molecule has 0 saturated heterocycles. The Kier molecular flexibility index (Phi) is 5.73. The number of carboxylic acid groups (broad SMARTS) is 1. The molecular weight excluding hydrogens is 362 g/mol. The Balaban J connectivity index is 2.64. The molecule has 0 bridgehead atoms. The number of carbonyl (C=O) groups is 1. The summed E-state index contributed by atoms with van der Waals surface area (Å²) in [6.07, 6.45) is 1.04. The van der Waals surface area contributed by atoms with Crippen molar-refractivity contribution in [2.45, 2.75) is 4.90 Å². The van der Waals surface area contributed by atoms with Gasteiger partial charge in [-0.1, -0.05) is 42.5 Å². The van der Waals surface area contributed by atoms with Crippen LogP contribution in [0.5, 0.6) is 0 Å². The van der Waals surface area contributed by atoms with Gasteiger partial charge in [0, 0.05) is 6.26 Å². The zero-order chi connectivity index (χ0) is 19.3. The highest BCUT2D eigenvalue weighted by molar-refractivity contribution is 7.90. The standard InChI is InChI=1S/C17H15NO7S/c1-26(23,24)14-9-7-12(8-10-14)15(11-25-18(21)22)16(17(19)20)13-5-3-2-4-6-13/h2-10H,11H2,1H3,(H,19,20). The summed E-state index contributed by atoms with van der Waals surface area (Å²) in [5, 5.41) is 19.2. The summed E-state index contributed by atoms with van der Waals surface area (Å²) in [4.78, 5) is 26.8. The third-order valence-corrected chi connectivity index (χ3v) is 4.65. The molecule has 2 aromatic carbocycles. The number of rotatable bonds is 7. The molecule has 136 valence electrons. The van der Waals surface area contributed by atoms with E-state index in [9.17, 15) is 28.4 Å². The van der Waals surface area contributed by atoms with Gasteiger partial charge >= 0.3 is 5.97 Å². The molecular formula is C17H15NO7S. The minimum Gasteiger partial charge on any atom is -0.478 e. The van der Waals surface area contributed by atoms with Crippen molar-refractivity contribution in [1.29, 1.82) is 0 Å². The van der Waals surface area contributed by atoms with E-state index in [1.54, 1.807) is 30.3 Å². The molecule has 0 atom stereocenters. The molecule has 9 heteroatoms. The average molecular weight is 377 g/mol. The van der Waals surface area contributed by atoms with E-state index in [1.165, 1.54) is 24.3 Å². The minimum atomic E-state index is -3.43. The molecule has 0 heterocycles. The van der Waals surface area contributed by atoms with Crippen LogP contribution < -0.4 is 0 Å². The zero-order valence-electron chi connectivity index (χ0n) is 13.7. The molecule has 8 nitrogen and oxygen atoms in total. The van der Waals surface area contributed by atoms with Crippen molar-refractivity contribution in [2.75, 3.05) is 12.9 Å². The van der Waals surface area contributed by atoms with Gasteiger partial charge in [-0.25, -0.2) is 13.2 Å². The second-order valence-corrected chi connectivity index (χ2v) is 7.33. The van der Waals surface area contributed by atoms with Gasteiger partial charge in [0.2, 0.25) is 0 Å². The molecule has 0 spiro atoms. The van der Waals surface area contributed by atoms with Gasteiger partial charge in [-0.2, -0.15) is 0 Å². The third-order valence-electron chi connectivity index (χ3n) is 3.52. The summed E-state index contributed by atoms with van der Waals surface area (Å²) >= 11 is 0. The molecule has 0 fully saturated rings. The number of hydrogen-bond acceptors (Lipinski definition) is 6. The number of carboxylic acids is 1. The van der Waals surface area contributed by atoms with Crippen LogP contribution in [0.3, 0.4) is 0 Å². The quantitative estimate of drug-likeness (QED) is 0.340. The average Bonchev–Trinajstić information content (AvgIpc) is 2.58. The maximum atomic E-state index is 11.8. The van der Waals surface area contributed by atoms with Crippen LogP contribution in [0.4, 0.5) is 0 Å². The fourth-order valence-electron chi connectivity index (χ4n) is 2.35. The first-order valence-corrected chi connectivity index (χ1v) is 9.19. The molecule has 0 unspecified atom stereocenters. The Bertz CT molecular complexity index is 948. The molecule has 0 aromatic heterocycles. The first kappa shape index (κ1) is 19.1. The van der Waals surface area contributed by atoms with Crippen LogP contribution in [0.1, 0.15) is 11.1 Å². The SMILES string of the molecule is CS(=O)(=O)c1ccc(C(CO[N+](=O)[O-])=C(C(=O)O)c2ccccc2)cc1. The largest absolute Gasteiger partial charge is 0.478 e. The smallest absolute Gasteiger partial charge is 0.336 e. The molecule has 1 N–H and O–H groups in total. The van der Waals surface area contributed by atoms with E-state index in [0.29, 0.717) is 11.1 Å². The Morgan fingerprint density at radius 1 is 1.08 bits per heavy atom. The molecule has 0 radical (unpaired) electrons. The highest BCUT2D eigenvalue weighted by Gasteiger charge is 2.20. The summed E-state index contributed by atoms with van der Waals surface area (Å²) in [6, 6.07) is 13.5. The maximum absolute atomic E-state index is 11.8. The van der Waals surface area contributed by atoms with Crippen molar-refractivity contribution in [3.63, 3.8) is 0 Å². The van der Waals surface area contributed by atoms with Crippen molar-refractivity contribution >= 4 is 27.0 Å². The van der Waals surface area contributed by atoms with Gasteiger partial charge in [-0.05, 0) is 28.8 Å².